The third-order valence-corrected chi connectivity index (χ3v) is 3.21. The second-order valence-electron chi connectivity index (χ2n) is 4.92. The third kappa shape index (κ3) is 2.36. The molecule has 20 heavy (non-hydrogen) atoms. The zero-order chi connectivity index (χ0) is 14.1. The minimum absolute atomic E-state index is 0.709. The van der Waals surface area contributed by atoms with Gasteiger partial charge in [-0.2, -0.15) is 10.2 Å². The lowest BCUT2D eigenvalue weighted by atomic mass is 10.3. The Morgan fingerprint density at radius 3 is 2.90 bits per heavy atom. The molecule has 6 heteroatoms. The maximum Gasteiger partial charge on any atom is 0.155 e. The fourth-order valence-electron chi connectivity index (χ4n) is 2.27. The van der Waals surface area contributed by atoms with Gasteiger partial charge in [-0.1, -0.05) is 6.92 Å². The van der Waals surface area contributed by atoms with Gasteiger partial charge in [0.15, 0.2) is 5.65 Å². The lowest BCUT2D eigenvalue weighted by Gasteiger charge is -2.05. The number of hydrogen-bond acceptors (Lipinski definition) is 4. The van der Waals surface area contributed by atoms with E-state index in [4.69, 9.17) is 0 Å². The van der Waals surface area contributed by atoms with Gasteiger partial charge in [-0.15, -0.1) is 0 Å². The zero-order valence-electron chi connectivity index (χ0n) is 12.0. The summed E-state index contributed by atoms with van der Waals surface area (Å²) < 4.78 is 3.65. The van der Waals surface area contributed by atoms with Crippen molar-refractivity contribution < 1.29 is 0 Å². The van der Waals surface area contributed by atoms with E-state index in [2.05, 4.69) is 27.4 Å². The number of rotatable bonds is 4. The first-order valence-electron chi connectivity index (χ1n) is 6.73. The van der Waals surface area contributed by atoms with Gasteiger partial charge in [0.25, 0.3) is 0 Å². The Morgan fingerprint density at radius 2 is 2.10 bits per heavy atom. The molecule has 0 radical (unpaired) electrons. The van der Waals surface area contributed by atoms with Crippen LogP contribution in [0.2, 0.25) is 0 Å². The normalized spacial score (nSPS) is 11.2. The predicted octanol–water partition coefficient (Wildman–Crippen LogP) is 1.95. The van der Waals surface area contributed by atoms with Crippen LogP contribution >= 0.6 is 0 Å². The first-order chi connectivity index (χ1) is 9.65. The van der Waals surface area contributed by atoms with Crippen LogP contribution in [-0.4, -0.2) is 24.4 Å². The van der Waals surface area contributed by atoms with Gasteiger partial charge in [0.2, 0.25) is 0 Å². The Morgan fingerprint density at radius 1 is 1.25 bits per heavy atom. The Hall–Kier alpha value is -2.37. The topological polar surface area (TPSA) is 60.0 Å². The minimum Gasteiger partial charge on any atom is -0.378 e. The molecule has 0 aliphatic carbocycles. The standard InChI is InChI=1S/C14H18N6/c1-4-12-13(9-19(3)18-12)15-6-11-7-16-14-5-10(2)17-20(14)8-11/h5,7-9,15H,4,6H2,1-3H3. The Kier molecular flexibility index (Phi) is 3.14. The molecular formula is C14H18N6. The SMILES string of the molecule is CCc1nn(C)cc1NCc1cnc2cc(C)nn2c1. The van der Waals surface area contributed by atoms with Gasteiger partial charge in [0.1, 0.15) is 0 Å². The molecular weight excluding hydrogens is 252 g/mol. The molecule has 0 amide bonds. The monoisotopic (exact) mass is 270 g/mol. The van der Waals surface area contributed by atoms with E-state index in [1.54, 1.807) is 0 Å². The van der Waals surface area contributed by atoms with Crippen LogP contribution in [0, 0.1) is 6.92 Å². The highest BCUT2D eigenvalue weighted by molar-refractivity contribution is 5.47. The van der Waals surface area contributed by atoms with Crippen LogP contribution in [0.5, 0.6) is 0 Å². The van der Waals surface area contributed by atoms with E-state index in [-0.39, 0.29) is 0 Å². The number of hydrogen-bond donors (Lipinski definition) is 1. The highest BCUT2D eigenvalue weighted by Gasteiger charge is 2.06. The number of fused-ring (bicyclic) bond motifs is 1. The summed E-state index contributed by atoms with van der Waals surface area (Å²) in [6.45, 7) is 4.78. The van der Waals surface area contributed by atoms with E-state index in [1.807, 2.05) is 47.8 Å². The smallest absolute Gasteiger partial charge is 0.155 e. The Labute approximate surface area is 117 Å². The largest absolute Gasteiger partial charge is 0.378 e. The van der Waals surface area contributed by atoms with Crippen LogP contribution < -0.4 is 5.32 Å². The summed E-state index contributed by atoms with van der Waals surface area (Å²) >= 11 is 0. The van der Waals surface area contributed by atoms with Crippen LogP contribution in [0.4, 0.5) is 5.69 Å². The van der Waals surface area contributed by atoms with Crippen molar-refractivity contribution in [3.05, 3.63) is 41.6 Å². The number of nitrogens with zero attached hydrogens (tertiary/aromatic N) is 5. The van der Waals surface area contributed by atoms with Gasteiger partial charge < -0.3 is 5.32 Å². The summed E-state index contributed by atoms with van der Waals surface area (Å²) in [5, 5.41) is 12.2. The molecule has 104 valence electrons. The summed E-state index contributed by atoms with van der Waals surface area (Å²) in [4.78, 5) is 4.40. The van der Waals surface area contributed by atoms with E-state index in [0.717, 1.165) is 34.7 Å². The molecule has 3 heterocycles. The van der Waals surface area contributed by atoms with E-state index in [0.29, 0.717) is 6.54 Å². The maximum absolute atomic E-state index is 4.42. The summed E-state index contributed by atoms with van der Waals surface area (Å²) in [5.74, 6) is 0. The van der Waals surface area contributed by atoms with E-state index in [9.17, 15) is 0 Å². The van der Waals surface area contributed by atoms with Gasteiger partial charge in [-0.25, -0.2) is 9.50 Å². The second-order valence-corrected chi connectivity index (χ2v) is 4.92. The van der Waals surface area contributed by atoms with Crippen molar-refractivity contribution in [2.75, 3.05) is 5.32 Å². The summed E-state index contributed by atoms with van der Waals surface area (Å²) in [7, 11) is 1.93. The van der Waals surface area contributed by atoms with Gasteiger partial charge in [-0.05, 0) is 13.3 Å². The Balaban J connectivity index is 1.78. The maximum atomic E-state index is 4.42. The molecule has 3 aromatic rings. The predicted molar refractivity (Wildman–Crippen MR) is 77.6 cm³/mol. The van der Waals surface area contributed by atoms with Gasteiger partial charge in [-0.3, -0.25) is 4.68 Å². The molecule has 0 aromatic carbocycles. The summed E-state index contributed by atoms with van der Waals surface area (Å²) in [5.41, 5.74) is 5.10. The number of aryl methyl sites for hydroxylation is 3. The highest BCUT2D eigenvalue weighted by Crippen LogP contribution is 2.15. The van der Waals surface area contributed by atoms with Crippen molar-refractivity contribution in [1.82, 2.24) is 24.4 Å². The van der Waals surface area contributed by atoms with E-state index in [1.165, 1.54) is 0 Å². The van der Waals surface area contributed by atoms with Gasteiger partial charge in [0.05, 0.1) is 17.1 Å². The molecule has 3 rings (SSSR count). The average Bonchev–Trinajstić information content (AvgIpc) is 2.97. The molecule has 0 saturated carbocycles. The molecule has 0 bridgehead atoms. The van der Waals surface area contributed by atoms with Crippen LogP contribution in [-0.2, 0) is 20.0 Å². The zero-order valence-corrected chi connectivity index (χ0v) is 12.0. The first kappa shape index (κ1) is 12.7. The third-order valence-electron chi connectivity index (χ3n) is 3.21. The van der Waals surface area contributed by atoms with Crippen molar-refractivity contribution in [2.24, 2.45) is 7.05 Å². The van der Waals surface area contributed by atoms with Crippen LogP contribution in [0.3, 0.4) is 0 Å². The quantitative estimate of drug-likeness (QED) is 0.787. The molecule has 0 fully saturated rings. The van der Waals surface area contributed by atoms with E-state index < -0.39 is 0 Å². The lowest BCUT2D eigenvalue weighted by molar-refractivity contribution is 0.746. The number of aromatic nitrogens is 5. The highest BCUT2D eigenvalue weighted by atomic mass is 15.3. The van der Waals surface area contributed by atoms with Gasteiger partial charge in [0, 0.05) is 43.8 Å². The minimum atomic E-state index is 0.709. The van der Waals surface area contributed by atoms with Crippen LogP contribution in [0.1, 0.15) is 23.9 Å². The molecule has 1 N–H and O–H groups in total. The van der Waals surface area contributed by atoms with Crippen molar-refractivity contribution in [1.29, 1.82) is 0 Å². The molecule has 3 aromatic heterocycles. The molecule has 0 spiro atoms. The summed E-state index contributed by atoms with van der Waals surface area (Å²) in [6, 6.07) is 1.97. The molecule has 0 unspecified atom stereocenters. The molecule has 0 atom stereocenters. The summed E-state index contributed by atoms with van der Waals surface area (Å²) in [6.07, 6.45) is 6.80. The fraction of sp³-hybridized carbons (Fsp3) is 0.357. The van der Waals surface area contributed by atoms with Crippen molar-refractivity contribution in [3.8, 4) is 0 Å². The van der Waals surface area contributed by atoms with Gasteiger partial charge >= 0.3 is 0 Å². The fourth-order valence-corrected chi connectivity index (χ4v) is 2.27. The van der Waals surface area contributed by atoms with Crippen molar-refractivity contribution in [2.45, 2.75) is 26.8 Å². The Bertz CT molecular complexity index is 739. The van der Waals surface area contributed by atoms with Crippen LogP contribution in [0.25, 0.3) is 5.65 Å². The average molecular weight is 270 g/mol. The van der Waals surface area contributed by atoms with Crippen molar-refractivity contribution in [3.63, 3.8) is 0 Å². The second kappa shape index (κ2) is 4.96. The molecule has 6 nitrogen and oxygen atoms in total. The molecule has 0 aliphatic heterocycles. The number of nitrogens with one attached hydrogen (secondary N) is 1. The first-order valence-corrected chi connectivity index (χ1v) is 6.73. The molecule has 0 saturated heterocycles. The van der Waals surface area contributed by atoms with Crippen LogP contribution in [0.15, 0.2) is 24.7 Å². The van der Waals surface area contributed by atoms with E-state index >= 15 is 0 Å². The lowest BCUT2D eigenvalue weighted by Crippen LogP contribution is -2.03. The molecule has 0 aliphatic rings. The van der Waals surface area contributed by atoms with Crippen molar-refractivity contribution >= 4 is 11.3 Å². The number of anilines is 1.